The lowest BCUT2D eigenvalue weighted by Gasteiger charge is -2.41. The number of piperazine rings is 1. The quantitative estimate of drug-likeness (QED) is 0.836. The standard InChI is InChI=1S/C14H28N2S/c1-13(2,3)17-11-10-16-9-8-15-14(12-16)6-4-5-7-14/h15H,4-12H2,1-3H3. The van der Waals surface area contributed by atoms with Gasteiger partial charge in [-0.1, -0.05) is 33.6 Å². The summed E-state index contributed by atoms with van der Waals surface area (Å²) in [6, 6.07) is 0. The first kappa shape index (κ1) is 13.7. The molecular formula is C14H28N2S. The Balaban J connectivity index is 1.74. The van der Waals surface area contributed by atoms with E-state index in [4.69, 9.17) is 0 Å². The Morgan fingerprint density at radius 1 is 1.24 bits per heavy atom. The third-order valence-electron chi connectivity index (χ3n) is 3.96. The zero-order valence-corrected chi connectivity index (χ0v) is 12.5. The molecule has 2 aliphatic rings. The van der Waals surface area contributed by atoms with Crippen LogP contribution in [0.2, 0.25) is 0 Å². The fourth-order valence-electron chi connectivity index (χ4n) is 3.10. The van der Waals surface area contributed by atoms with Crippen LogP contribution in [0.3, 0.4) is 0 Å². The minimum Gasteiger partial charge on any atom is -0.309 e. The molecule has 0 radical (unpaired) electrons. The van der Waals surface area contributed by atoms with Crippen molar-refractivity contribution in [3.05, 3.63) is 0 Å². The predicted octanol–water partition coefficient (Wildman–Crippen LogP) is 2.74. The summed E-state index contributed by atoms with van der Waals surface area (Å²) in [4.78, 5) is 2.68. The van der Waals surface area contributed by atoms with Gasteiger partial charge in [0.15, 0.2) is 0 Å². The molecule has 0 unspecified atom stereocenters. The molecule has 1 N–H and O–H groups in total. The van der Waals surface area contributed by atoms with E-state index in [9.17, 15) is 0 Å². The maximum Gasteiger partial charge on any atom is 0.0309 e. The molecule has 100 valence electrons. The van der Waals surface area contributed by atoms with Crippen LogP contribution < -0.4 is 5.32 Å². The summed E-state index contributed by atoms with van der Waals surface area (Å²) in [5.41, 5.74) is 0.491. The molecule has 0 atom stereocenters. The molecule has 2 fully saturated rings. The Morgan fingerprint density at radius 2 is 1.94 bits per heavy atom. The highest BCUT2D eigenvalue weighted by Gasteiger charge is 2.37. The summed E-state index contributed by atoms with van der Waals surface area (Å²) in [7, 11) is 0. The SMILES string of the molecule is CC(C)(C)SCCN1CCNC2(CCCC2)C1. The summed E-state index contributed by atoms with van der Waals surface area (Å²) in [6.07, 6.45) is 5.65. The van der Waals surface area contributed by atoms with Gasteiger partial charge in [-0.25, -0.2) is 0 Å². The predicted molar refractivity (Wildman–Crippen MR) is 77.9 cm³/mol. The summed E-state index contributed by atoms with van der Waals surface area (Å²) < 4.78 is 0.416. The second-order valence-corrected chi connectivity index (χ2v) is 8.57. The maximum atomic E-state index is 3.78. The van der Waals surface area contributed by atoms with Crippen LogP contribution in [0.15, 0.2) is 0 Å². The van der Waals surface area contributed by atoms with Crippen molar-refractivity contribution < 1.29 is 0 Å². The number of rotatable bonds is 3. The van der Waals surface area contributed by atoms with Gasteiger partial charge in [0.25, 0.3) is 0 Å². The lowest BCUT2D eigenvalue weighted by Crippen LogP contribution is -2.59. The Labute approximate surface area is 111 Å². The van der Waals surface area contributed by atoms with E-state index in [0.717, 1.165) is 0 Å². The van der Waals surface area contributed by atoms with Crippen molar-refractivity contribution in [2.75, 3.05) is 31.9 Å². The zero-order chi connectivity index (χ0) is 12.4. The van der Waals surface area contributed by atoms with Crippen LogP contribution in [-0.4, -0.2) is 47.1 Å². The fourth-order valence-corrected chi connectivity index (χ4v) is 4.06. The highest BCUT2D eigenvalue weighted by atomic mass is 32.2. The molecule has 0 aromatic heterocycles. The van der Waals surface area contributed by atoms with Crippen molar-refractivity contribution in [3.63, 3.8) is 0 Å². The first-order valence-electron chi connectivity index (χ1n) is 7.11. The van der Waals surface area contributed by atoms with Gasteiger partial charge in [0.05, 0.1) is 0 Å². The van der Waals surface area contributed by atoms with E-state index in [2.05, 4.69) is 42.7 Å². The van der Waals surface area contributed by atoms with Crippen molar-refractivity contribution in [3.8, 4) is 0 Å². The van der Waals surface area contributed by atoms with Crippen LogP contribution in [0.4, 0.5) is 0 Å². The van der Waals surface area contributed by atoms with Crippen LogP contribution in [-0.2, 0) is 0 Å². The average Bonchev–Trinajstić information content (AvgIpc) is 2.64. The monoisotopic (exact) mass is 256 g/mol. The lowest BCUT2D eigenvalue weighted by molar-refractivity contribution is 0.141. The van der Waals surface area contributed by atoms with Crippen molar-refractivity contribution in [2.45, 2.75) is 56.7 Å². The van der Waals surface area contributed by atoms with E-state index < -0.39 is 0 Å². The minimum absolute atomic E-state index is 0.416. The molecular weight excluding hydrogens is 228 g/mol. The lowest BCUT2D eigenvalue weighted by atomic mass is 9.95. The Bertz CT molecular complexity index is 241. The topological polar surface area (TPSA) is 15.3 Å². The smallest absolute Gasteiger partial charge is 0.0309 e. The van der Waals surface area contributed by atoms with Crippen molar-refractivity contribution in [1.82, 2.24) is 10.2 Å². The molecule has 0 aromatic rings. The van der Waals surface area contributed by atoms with Gasteiger partial charge in [-0.3, -0.25) is 4.90 Å². The molecule has 0 aromatic carbocycles. The second-order valence-electron chi connectivity index (χ2n) is 6.65. The number of hydrogen-bond acceptors (Lipinski definition) is 3. The Morgan fingerprint density at radius 3 is 2.59 bits per heavy atom. The van der Waals surface area contributed by atoms with Gasteiger partial charge < -0.3 is 5.32 Å². The van der Waals surface area contributed by atoms with Crippen LogP contribution in [0.5, 0.6) is 0 Å². The summed E-state index contributed by atoms with van der Waals surface area (Å²) in [5, 5.41) is 3.78. The molecule has 1 spiro atoms. The summed E-state index contributed by atoms with van der Waals surface area (Å²) in [6.45, 7) is 11.9. The van der Waals surface area contributed by atoms with Crippen molar-refractivity contribution in [2.24, 2.45) is 0 Å². The number of nitrogens with zero attached hydrogens (tertiary/aromatic N) is 1. The van der Waals surface area contributed by atoms with Gasteiger partial charge in [0.2, 0.25) is 0 Å². The molecule has 3 heteroatoms. The van der Waals surface area contributed by atoms with Crippen LogP contribution in [0.25, 0.3) is 0 Å². The normalized spacial score (nSPS) is 25.6. The average molecular weight is 256 g/mol. The molecule has 1 saturated carbocycles. The van der Waals surface area contributed by atoms with Crippen LogP contribution in [0.1, 0.15) is 46.5 Å². The van der Waals surface area contributed by atoms with E-state index in [1.54, 1.807) is 0 Å². The molecule has 1 aliphatic heterocycles. The third-order valence-corrected chi connectivity index (χ3v) is 5.21. The number of nitrogens with one attached hydrogen (secondary N) is 1. The van der Waals surface area contributed by atoms with E-state index in [1.807, 2.05) is 0 Å². The Kier molecular flexibility index (Phi) is 4.43. The number of hydrogen-bond donors (Lipinski definition) is 1. The highest BCUT2D eigenvalue weighted by Crippen LogP contribution is 2.32. The second kappa shape index (κ2) is 5.50. The van der Waals surface area contributed by atoms with Gasteiger partial charge in [-0.15, -0.1) is 0 Å². The molecule has 2 nitrogen and oxygen atoms in total. The largest absolute Gasteiger partial charge is 0.309 e. The van der Waals surface area contributed by atoms with Crippen molar-refractivity contribution in [1.29, 1.82) is 0 Å². The van der Waals surface area contributed by atoms with E-state index in [0.29, 0.717) is 10.3 Å². The zero-order valence-electron chi connectivity index (χ0n) is 11.7. The van der Waals surface area contributed by atoms with Gasteiger partial charge in [0.1, 0.15) is 0 Å². The molecule has 2 rings (SSSR count). The van der Waals surface area contributed by atoms with E-state index in [1.165, 1.54) is 57.6 Å². The van der Waals surface area contributed by atoms with Crippen molar-refractivity contribution >= 4 is 11.8 Å². The van der Waals surface area contributed by atoms with Crippen LogP contribution in [0, 0.1) is 0 Å². The molecule has 1 aliphatic carbocycles. The fraction of sp³-hybridized carbons (Fsp3) is 1.00. The minimum atomic E-state index is 0.416. The molecule has 1 saturated heterocycles. The first-order valence-corrected chi connectivity index (χ1v) is 8.09. The highest BCUT2D eigenvalue weighted by molar-refractivity contribution is 8.00. The third kappa shape index (κ3) is 4.15. The Hall–Kier alpha value is 0.270. The van der Waals surface area contributed by atoms with Gasteiger partial charge in [-0.05, 0) is 12.8 Å². The van der Waals surface area contributed by atoms with Gasteiger partial charge in [-0.2, -0.15) is 11.8 Å². The number of thioether (sulfide) groups is 1. The first-order chi connectivity index (χ1) is 7.99. The molecule has 0 amide bonds. The molecule has 17 heavy (non-hydrogen) atoms. The van der Waals surface area contributed by atoms with E-state index in [-0.39, 0.29) is 0 Å². The maximum absolute atomic E-state index is 3.78. The van der Waals surface area contributed by atoms with Crippen LogP contribution >= 0.6 is 11.8 Å². The summed E-state index contributed by atoms with van der Waals surface area (Å²) in [5.74, 6) is 1.28. The summed E-state index contributed by atoms with van der Waals surface area (Å²) >= 11 is 2.10. The van der Waals surface area contributed by atoms with Gasteiger partial charge in [0, 0.05) is 42.2 Å². The van der Waals surface area contributed by atoms with Gasteiger partial charge >= 0.3 is 0 Å². The molecule has 1 heterocycles. The molecule has 0 bridgehead atoms. The van der Waals surface area contributed by atoms with E-state index >= 15 is 0 Å².